The van der Waals surface area contributed by atoms with Crippen LogP contribution in [0.1, 0.15) is 12.0 Å². The van der Waals surface area contributed by atoms with Crippen LogP contribution in [0.15, 0.2) is 54.6 Å². The molecule has 3 fully saturated rings. The second-order valence-electron chi connectivity index (χ2n) is 9.12. The molecule has 3 amide bonds. The maximum Gasteiger partial charge on any atom is 0.250 e. The van der Waals surface area contributed by atoms with Gasteiger partial charge in [-0.05, 0) is 36.2 Å². The van der Waals surface area contributed by atoms with Crippen molar-refractivity contribution in [1.82, 2.24) is 10.2 Å². The van der Waals surface area contributed by atoms with Crippen molar-refractivity contribution in [3.05, 3.63) is 65.2 Å². The number of benzene rings is 2. The minimum absolute atomic E-state index is 0.0326. The fraction of sp³-hybridized carbons (Fsp3) is 0.400. The number of carbonyl (C=O) groups excluding carboxylic acids is 3. The number of fused-ring (bicyclic) bond motifs is 1. The normalized spacial score (nSPS) is 30.9. The molecule has 35 heavy (non-hydrogen) atoms. The summed E-state index contributed by atoms with van der Waals surface area (Å²) < 4.78 is 6.39. The first-order chi connectivity index (χ1) is 16.9. The lowest BCUT2D eigenvalue weighted by molar-refractivity contribution is -0.141. The van der Waals surface area contributed by atoms with Crippen LogP contribution in [0.4, 0.5) is 5.69 Å². The van der Waals surface area contributed by atoms with Crippen LogP contribution in [0, 0.1) is 11.8 Å². The number of nitrogens with zero attached hydrogens (tertiary/aromatic N) is 1. The highest BCUT2D eigenvalue weighted by atomic mass is 79.9. The highest BCUT2D eigenvalue weighted by Gasteiger charge is 2.76. The summed E-state index contributed by atoms with van der Waals surface area (Å²) in [6.07, 6.45) is -0.140. The molecule has 1 spiro atoms. The van der Waals surface area contributed by atoms with Crippen LogP contribution < -0.4 is 10.6 Å². The molecule has 5 rings (SSSR count). The summed E-state index contributed by atoms with van der Waals surface area (Å²) in [5.74, 6) is -2.63. The minimum atomic E-state index is -1.17. The number of nitrogens with one attached hydrogen (secondary N) is 2. The summed E-state index contributed by atoms with van der Waals surface area (Å²) >= 11 is 9.58. The van der Waals surface area contributed by atoms with Crippen LogP contribution in [0.25, 0.3) is 0 Å². The molecule has 0 aliphatic carbocycles. The Kier molecular flexibility index (Phi) is 6.61. The molecule has 10 heteroatoms. The van der Waals surface area contributed by atoms with Gasteiger partial charge in [-0.3, -0.25) is 14.4 Å². The Morgan fingerprint density at radius 1 is 1.14 bits per heavy atom. The van der Waals surface area contributed by atoms with Crippen molar-refractivity contribution in [1.29, 1.82) is 0 Å². The standard InChI is InChI=1S/C25H25BrClN3O5/c26-17-12-25-19(18(20(17)35-25)22(32)28-13-14-4-2-1-3-5-14)24(34)30(10-11-31)21(25)23(33)29-16-8-6-15(27)7-9-16/h1-9,17-21,31H,10-13H2,(H,28,32)(H,29,33)/t17?,18-,19-,20-,21?,25?/m0/s1. The van der Waals surface area contributed by atoms with Crippen molar-refractivity contribution >= 4 is 50.9 Å². The summed E-state index contributed by atoms with van der Waals surface area (Å²) in [5, 5.41) is 16.0. The smallest absolute Gasteiger partial charge is 0.250 e. The fourth-order valence-corrected chi connectivity index (χ4v) is 6.79. The van der Waals surface area contributed by atoms with Gasteiger partial charge < -0.3 is 25.4 Å². The first kappa shape index (κ1) is 24.2. The lowest BCUT2D eigenvalue weighted by Crippen LogP contribution is -2.54. The highest BCUT2D eigenvalue weighted by molar-refractivity contribution is 9.09. The predicted octanol–water partition coefficient (Wildman–Crippen LogP) is 2.34. The molecule has 3 unspecified atom stereocenters. The van der Waals surface area contributed by atoms with Crippen molar-refractivity contribution < 1.29 is 24.2 Å². The second kappa shape index (κ2) is 9.54. The van der Waals surface area contributed by atoms with Gasteiger partial charge in [0.25, 0.3) is 0 Å². The van der Waals surface area contributed by atoms with Crippen molar-refractivity contribution in [2.24, 2.45) is 11.8 Å². The molecule has 3 aliphatic heterocycles. The Labute approximate surface area is 216 Å². The Morgan fingerprint density at radius 2 is 1.86 bits per heavy atom. The third kappa shape index (κ3) is 4.14. The van der Waals surface area contributed by atoms with Crippen LogP contribution in [0.5, 0.6) is 0 Å². The molecule has 3 aliphatic rings. The van der Waals surface area contributed by atoms with Crippen molar-refractivity contribution in [2.75, 3.05) is 18.5 Å². The Morgan fingerprint density at radius 3 is 2.54 bits per heavy atom. The van der Waals surface area contributed by atoms with E-state index in [1.54, 1.807) is 24.3 Å². The fourth-order valence-electron chi connectivity index (χ4n) is 5.72. The van der Waals surface area contributed by atoms with Crippen LogP contribution in [0.3, 0.4) is 0 Å². The monoisotopic (exact) mass is 561 g/mol. The number of hydrogen-bond acceptors (Lipinski definition) is 5. The van der Waals surface area contributed by atoms with Gasteiger partial charge in [0, 0.05) is 28.6 Å². The molecule has 3 saturated heterocycles. The number of rotatable bonds is 7. The van der Waals surface area contributed by atoms with Gasteiger partial charge >= 0.3 is 0 Å². The lowest BCUT2D eigenvalue weighted by atomic mass is 9.70. The van der Waals surface area contributed by atoms with Gasteiger partial charge in [-0.25, -0.2) is 0 Å². The second-order valence-corrected chi connectivity index (χ2v) is 10.7. The SMILES string of the molecule is O=C(Nc1ccc(Cl)cc1)C1N(CCO)C(=O)[C@@H]2[C@H](C(=O)NCc3ccccc3)[C@H]3OC12CC3Br. The Bertz CT molecular complexity index is 1130. The summed E-state index contributed by atoms with van der Waals surface area (Å²) in [6.45, 7) is -0.0228. The summed E-state index contributed by atoms with van der Waals surface area (Å²) in [5.41, 5.74) is 0.293. The molecule has 2 bridgehead atoms. The van der Waals surface area contributed by atoms with Crippen LogP contribution in [-0.4, -0.2) is 63.5 Å². The number of β-amino-alcohol motifs (C(OH)–C–C–N with tert-alkyl or cyclic N) is 1. The molecule has 3 heterocycles. The van der Waals surface area contributed by atoms with Gasteiger partial charge in [-0.15, -0.1) is 0 Å². The molecule has 0 radical (unpaired) electrons. The van der Waals surface area contributed by atoms with Gasteiger partial charge in [-0.1, -0.05) is 57.9 Å². The Balaban J connectivity index is 1.43. The molecular weight excluding hydrogens is 538 g/mol. The molecule has 0 aromatic heterocycles. The van der Waals surface area contributed by atoms with Gasteiger partial charge in [0.2, 0.25) is 17.7 Å². The number of aliphatic hydroxyl groups is 1. The van der Waals surface area contributed by atoms with E-state index < -0.39 is 35.5 Å². The zero-order chi connectivity index (χ0) is 24.7. The zero-order valence-electron chi connectivity index (χ0n) is 18.7. The summed E-state index contributed by atoms with van der Waals surface area (Å²) in [7, 11) is 0. The Hall–Kier alpha value is -2.46. The molecular formula is C25H25BrClN3O5. The third-order valence-corrected chi connectivity index (χ3v) is 8.20. The number of carbonyl (C=O) groups is 3. The maximum absolute atomic E-state index is 13.6. The molecule has 2 aromatic carbocycles. The highest BCUT2D eigenvalue weighted by Crippen LogP contribution is 2.60. The van der Waals surface area contributed by atoms with Gasteiger partial charge in [0.05, 0.1) is 24.5 Å². The number of alkyl halides is 1. The number of anilines is 1. The molecule has 8 nitrogen and oxygen atoms in total. The van der Waals surface area contributed by atoms with Gasteiger partial charge in [0.15, 0.2) is 0 Å². The van der Waals surface area contributed by atoms with Gasteiger partial charge in [0.1, 0.15) is 11.6 Å². The first-order valence-electron chi connectivity index (χ1n) is 11.5. The third-order valence-electron chi connectivity index (χ3n) is 7.10. The summed E-state index contributed by atoms with van der Waals surface area (Å²) in [4.78, 5) is 41.7. The molecule has 0 saturated carbocycles. The molecule has 184 valence electrons. The minimum Gasteiger partial charge on any atom is -0.395 e. The number of halogens is 2. The maximum atomic E-state index is 13.6. The van der Waals surface area contributed by atoms with E-state index in [9.17, 15) is 19.5 Å². The van der Waals surface area contributed by atoms with Gasteiger partial charge in [-0.2, -0.15) is 0 Å². The van der Waals surface area contributed by atoms with Crippen LogP contribution in [-0.2, 0) is 25.7 Å². The number of likely N-dealkylation sites (tertiary alicyclic amines) is 1. The molecule has 2 aromatic rings. The van der Waals surface area contributed by atoms with Crippen LogP contribution >= 0.6 is 27.5 Å². The topological polar surface area (TPSA) is 108 Å². The molecule has 6 atom stereocenters. The predicted molar refractivity (Wildman–Crippen MR) is 133 cm³/mol. The van der Waals surface area contributed by atoms with Crippen molar-refractivity contribution in [2.45, 2.75) is 35.5 Å². The average Bonchev–Trinajstić information content (AvgIpc) is 3.43. The number of hydrogen-bond donors (Lipinski definition) is 3. The van der Waals surface area contributed by atoms with E-state index in [4.69, 9.17) is 16.3 Å². The van der Waals surface area contributed by atoms with Crippen molar-refractivity contribution in [3.63, 3.8) is 0 Å². The van der Waals surface area contributed by atoms with E-state index in [1.807, 2.05) is 30.3 Å². The van der Waals surface area contributed by atoms with Crippen LogP contribution in [0.2, 0.25) is 5.02 Å². The number of ether oxygens (including phenoxy) is 1. The lowest BCUT2D eigenvalue weighted by Gasteiger charge is -2.34. The molecule has 3 N–H and O–H groups in total. The quantitative estimate of drug-likeness (QED) is 0.449. The number of amides is 3. The number of aliphatic hydroxyl groups excluding tert-OH is 1. The first-order valence-corrected chi connectivity index (χ1v) is 12.8. The van der Waals surface area contributed by atoms with Crippen molar-refractivity contribution in [3.8, 4) is 0 Å². The van der Waals surface area contributed by atoms with E-state index in [-0.39, 0.29) is 29.8 Å². The van der Waals surface area contributed by atoms with E-state index in [0.717, 1.165) is 5.56 Å². The van der Waals surface area contributed by atoms with E-state index in [1.165, 1.54) is 4.90 Å². The largest absolute Gasteiger partial charge is 0.395 e. The van der Waals surface area contributed by atoms with E-state index in [2.05, 4.69) is 26.6 Å². The summed E-state index contributed by atoms with van der Waals surface area (Å²) in [6, 6.07) is 15.2. The average molecular weight is 563 g/mol. The van der Waals surface area contributed by atoms with E-state index >= 15 is 0 Å². The zero-order valence-corrected chi connectivity index (χ0v) is 21.0. The van der Waals surface area contributed by atoms with E-state index in [0.29, 0.717) is 23.7 Å².